The van der Waals surface area contributed by atoms with Crippen LogP contribution in [-0.2, 0) is 4.43 Å². The lowest BCUT2D eigenvalue weighted by molar-refractivity contribution is 0.354. The van der Waals surface area contributed by atoms with Gasteiger partial charge in [-0.15, -0.1) is 0 Å². The van der Waals surface area contributed by atoms with E-state index < -0.39 is 8.32 Å². The van der Waals surface area contributed by atoms with Crippen molar-refractivity contribution in [3.05, 3.63) is 47.7 Å². The molecule has 1 nitrogen and oxygen atoms in total. The van der Waals surface area contributed by atoms with Gasteiger partial charge in [-0.1, -0.05) is 30.3 Å². The third-order valence-corrected chi connectivity index (χ3v) is 3.86. The Kier molecular flexibility index (Phi) is 3.72. The summed E-state index contributed by atoms with van der Waals surface area (Å²) in [7, 11) is -1.49. The van der Waals surface area contributed by atoms with Gasteiger partial charge in [-0.3, -0.25) is 0 Å². The fourth-order valence-electron chi connectivity index (χ4n) is 2.33. The number of hydrogen-bond donors (Lipinski definition) is 0. The van der Waals surface area contributed by atoms with E-state index in [0.29, 0.717) is 5.92 Å². The van der Waals surface area contributed by atoms with E-state index in [2.05, 4.69) is 56.0 Å². The van der Waals surface area contributed by atoms with Crippen LogP contribution in [0.4, 0.5) is 0 Å². The Morgan fingerprint density at radius 1 is 1.12 bits per heavy atom. The van der Waals surface area contributed by atoms with E-state index in [1.165, 1.54) is 30.6 Å². The van der Waals surface area contributed by atoms with Crippen LogP contribution in [0.5, 0.6) is 0 Å². The Labute approximate surface area is 106 Å². The smallest absolute Gasteiger partial charge is 0.241 e. The molecular formula is C15H22OSi. The van der Waals surface area contributed by atoms with E-state index in [-0.39, 0.29) is 0 Å². The largest absolute Gasteiger partial charge is 0.547 e. The van der Waals surface area contributed by atoms with Crippen LogP contribution >= 0.6 is 0 Å². The SMILES string of the molecule is C[Si](C)(C)OC1=CCCCC1c1ccccc1. The first-order valence-corrected chi connectivity index (χ1v) is 9.91. The number of rotatable bonds is 3. The quantitative estimate of drug-likeness (QED) is 0.703. The molecule has 0 saturated heterocycles. The molecule has 1 aromatic carbocycles. The lowest BCUT2D eigenvalue weighted by Gasteiger charge is -2.30. The monoisotopic (exact) mass is 246 g/mol. The summed E-state index contributed by atoms with van der Waals surface area (Å²) in [5, 5.41) is 0. The Hall–Kier alpha value is -1.02. The minimum Gasteiger partial charge on any atom is -0.547 e. The highest BCUT2D eigenvalue weighted by molar-refractivity contribution is 6.70. The van der Waals surface area contributed by atoms with Gasteiger partial charge in [-0.05, 0) is 50.5 Å². The molecule has 0 aromatic heterocycles. The highest BCUT2D eigenvalue weighted by Crippen LogP contribution is 2.35. The minimum absolute atomic E-state index is 0.483. The second kappa shape index (κ2) is 5.09. The molecular weight excluding hydrogens is 224 g/mol. The van der Waals surface area contributed by atoms with Crippen LogP contribution in [-0.4, -0.2) is 8.32 Å². The minimum atomic E-state index is -1.49. The van der Waals surface area contributed by atoms with E-state index in [1.807, 2.05) is 0 Å². The van der Waals surface area contributed by atoms with E-state index in [0.717, 1.165) is 0 Å². The Morgan fingerprint density at radius 2 is 1.82 bits per heavy atom. The van der Waals surface area contributed by atoms with Gasteiger partial charge in [0.2, 0.25) is 8.32 Å². The van der Waals surface area contributed by atoms with E-state index in [4.69, 9.17) is 4.43 Å². The zero-order chi connectivity index (χ0) is 12.3. The third kappa shape index (κ3) is 3.47. The lowest BCUT2D eigenvalue weighted by atomic mass is 9.88. The number of benzene rings is 1. The average Bonchev–Trinajstić information content (AvgIpc) is 2.29. The first-order valence-electron chi connectivity index (χ1n) is 6.50. The molecule has 1 aromatic rings. The molecule has 1 unspecified atom stereocenters. The predicted octanol–water partition coefficient (Wildman–Crippen LogP) is 4.69. The fraction of sp³-hybridized carbons (Fsp3) is 0.467. The molecule has 0 radical (unpaired) electrons. The molecule has 2 rings (SSSR count). The van der Waals surface area contributed by atoms with Gasteiger partial charge in [0.05, 0.1) is 5.76 Å². The van der Waals surface area contributed by atoms with E-state index >= 15 is 0 Å². The van der Waals surface area contributed by atoms with Gasteiger partial charge >= 0.3 is 0 Å². The maximum absolute atomic E-state index is 6.25. The van der Waals surface area contributed by atoms with E-state index in [9.17, 15) is 0 Å². The van der Waals surface area contributed by atoms with Crippen LogP contribution in [0.15, 0.2) is 42.2 Å². The molecule has 17 heavy (non-hydrogen) atoms. The van der Waals surface area contributed by atoms with Gasteiger partial charge in [0.1, 0.15) is 0 Å². The molecule has 0 fully saturated rings. The summed E-state index contributed by atoms with van der Waals surface area (Å²) in [5.74, 6) is 1.71. The van der Waals surface area contributed by atoms with E-state index in [1.54, 1.807) is 0 Å². The van der Waals surface area contributed by atoms with Gasteiger partial charge in [0, 0.05) is 5.92 Å². The van der Waals surface area contributed by atoms with Crippen molar-refractivity contribution in [3.8, 4) is 0 Å². The third-order valence-electron chi connectivity index (χ3n) is 3.01. The number of hydrogen-bond acceptors (Lipinski definition) is 1. The molecule has 1 aliphatic rings. The molecule has 0 saturated carbocycles. The van der Waals surface area contributed by atoms with Gasteiger partial charge in [-0.25, -0.2) is 0 Å². The summed E-state index contributed by atoms with van der Waals surface area (Å²) in [4.78, 5) is 0. The summed E-state index contributed by atoms with van der Waals surface area (Å²) in [6.45, 7) is 6.76. The summed E-state index contributed by atoms with van der Waals surface area (Å²) in [6.07, 6.45) is 5.97. The van der Waals surface area contributed by atoms with Crippen molar-refractivity contribution in [1.29, 1.82) is 0 Å². The van der Waals surface area contributed by atoms with Crippen LogP contribution in [0.2, 0.25) is 19.6 Å². The Balaban J connectivity index is 2.21. The van der Waals surface area contributed by atoms with Crippen molar-refractivity contribution < 1.29 is 4.43 Å². The molecule has 0 heterocycles. The van der Waals surface area contributed by atoms with Gasteiger partial charge in [-0.2, -0.15) is 0 Å². The lowest BCUT2D eigenvalue weighted by Crippen LogP contribution is -2.27. The van der Waals surface area contributed by atoms with Gasteiger partial charge < -0.3 is 4.43 Å². The van der Waals surface area contributed by atoms with Crippen molar-refractivity contribution >= 4 is 8.32 Å². The maximum Gasteiger partial charge on any atom is 0.241 e. The van der Waals surface area contributed by atoms with Crippen molar-refractivity contribution in [1.82, 2.24) is 0 Å². The van der Waals surface area contributed by atoms with Gasteiger partial charge in [0.15, 0.2) is 0 Å². The summed E-state index contributed by atoms with van der Waals surface area (Å²) >= 11 is 0. The van der Waals surface area contributed by atoms with Crippen LogP contribution < -0.4 is 0 Å². The first-order chi connectivity index (χ1) is 8.06. The summed E-state index contributed by atoms with van der Waals surface area (Å²) < 4.78 is 6.25. The zero-order valence-electron chi connectivity index (χ0n) is 11.1. The molecule has 0 spiro atoms. The molecule has 1 aliphatic carbocycles. The normalized spacial score (nSPS) is 20.9. The van der Waals surface area contributed by atoms with Crippen LogP contribution in [0, 0.1) is 0 Å². The average molecular weight is 246 g/mol. The van der Waals surface area contributed by atoms with Crippen molar-refractivity contribution in [2.24, 2.45) is 0 Å². The summed E-state index contributed by atoms with van der Waals surface area (Å²) in [5.41, 5.74) is 1.40. The van der Waals surface area contributed by atoms with Crippen LogP contribution in [0.3, 0.4) is 0 Å². The second-order valence-corrected chi connectivity index (χ2v) is 10.1. The molecule has 0 aliphatic heterocycles. The van der Waals surface area contributed by atoms with Gasteiger partial charge in [0.25, 0.3) is 0 Å². The Morgan fingerprint density at radius 3 is 2.47 bits per heavy atom. The summed E-state index contributed by atoms with van der Waals surface area (Å²) in [6, 6.07) is 10.8. The molecule has 0 N–H and O–H groups in total. The maximum atomic E-state index is 6.25. The molecule has 1 atom stereocenters. The highest BCUT2D eigenvalue weighted by atomic mass is 28.4. The molecule has 92 valence electrons. The Bertz CT molecular complexity index is 389. The topological polar surface area (TPSA) is 9.23 Å². The molecule has 2 heteroatoms. The van der Waals surface area contributed by atoms with Crippen LogP contribution in [0.25, 0.3) is 0 Å². The van der Waals surface area contributed by atoms with Crippen molar-refractivity contribution in [2.75, 3.05) is 0 Å². The van der Waals surface area contributed by atoms with Crippen LogP contribution in [0.1, 0.15) is 30.7 Å². The molecule has 0 amide bonds. The predicted molar refractivity (Wildman–Crippen MR) is 75.5 cm³/mol. The first kappa shape index (κ1) is 12.4. The highest BCUT2D eigenvalue weighted by Gasteiger charge is 2.25. The van der Waals surface area contributed by atoms with Crippen molar-refractivity contribution in [2.45, 2.75) is 44.8 Å². The number of allylic oxidation sites excluding steroid dienone is 2. The van der Waals surface area contributed by atoms with Crippen molar-refractivity contribution in [3.63, 3.8) is 0 Å². The molecule has 0 bridgehead atoms. The standard InChI is InChI=1S/C15H22OSi/c1-17(2,3)16-15-12-8-7-11-14(15)13-9-5-4-6-10-13/h4-6,9-10,12,14H,7-8,11H2,1-3H3. The fourth-order valence-corrected chi connectivity index (χ4v) is 3.27. The second-order valence-electron chi connectivity index (χ2n) is 5.72. The zero-order valence-corrected chi connectivity index (χ0v) is 12.1.